The van der Waals surface area contributed by atoms with Gasteiger partial charge in [0.25, 0.3) is 0 Å². The zero-order chi connectivity index (χ0) is 9.54. The van der Waals surface area contributed by atoms with Crippen molar-refractivity contribution in [1.82, 2.24) is 0 Å². The summed E-state index contributed by atoms with van der Waals surface area (Å²) in [5, 5.41) is 0. The molecule has 0 aromatic heterocycles. The summed E-state index contributed by atoms with van der Waals surface area (Å²) in [5.74, 6) is 3.77. The lowest BCUT2D eigenvalue weighted by atomic mass is 9.66. The largest absolute Gasteiger partial charge is 0.330 e. The maximum absolute atomic E-state index is 5.74. The molecule has 0 heterocycles. The maximum Gasteiger partial charge on any atom is -0.00430 e. The van der Waals surface area contributed by atoms with Crippen molar-refractivity contribution in [3.8, 4) is 0 Å². The van der Waals surface area contributed by atoms with Crippen molar-refractivity contribution < 1.29 is 0 Å². The molecule has 1 nitrogen and oxygen atoms in total. The van der Waals surface area contributed by atoms with Gasteiger partial charge in [-0.15, -0.1) is 0 Å². The summed E-state index contributed by atoms with van der Waals surface area (Å²) in [6, 6.07) is 0. The van der Waals surface area contributed by atoms with E-state index in [1.165, 1.54) is 38.5 Å². The number of rotatable bonds is 3. The van der Waals surface area contributed by atoms with Crippen LogP contribution in [0.4, 0.5) is 0 Å². The first-order valence-electron chi connectivity index (χ1n) is 6.26. The maximum atomic E-state index is 5.74. The Morgan fingerprint density at radius 3 is 2.86 bits per heavy atom. The molecule has 3 rings (SSSR count). The van der Waals surface area contributed by atoms with Gasteiger partial charge in [-0.1, -0.05) is 30.9 Å². The fourth-order valence-corrected chi connectivity index (χ4v) is 3.53. The third kappa shape index (κ3) is 1.33. The third-order valence-electron chi connectivity index (χ3n) is 4.73. The van der Waals surface area contributed by atoms with Crippen LogP contribution in [-0.4, -0.2) is 6.54 Å². The molecule has 0 radical (unpaired) electrons. The van der Waals surface area contributed by atoms with Crippen LogP contribution >= 0.6 is 0 Å². The molecule has 3 atom stereocenters. The second-order valence-corrected chi connectivity index (χ2v) is 5.60. The van der Waals surface area contributed by atoms with E-state index in [0.717, 1.165) is 30.2 Å². The van der Waals surface area contributed by atoms with Crippen molar-refractivity contribution in [2.24, 2.45) is 29.4 Å². The highest BCUT2D eigenvalue weighted by molar-refractivity contribution is 5.20. The molecule has 0 aromatic carbocycles. The van der Waals surface area contributed by atoms with Crippen molar-refractivity contribution in [1.29, 1.82) is 0 Å². The second-order valence-electron chi connectivity index (χ2n) is 5.60. The van der Waals surface area contributed by atoms with E-state index in [2.05, 4.69) is 6.08 Å². The molecule has 0 aliphatic heterocycles. The topological polar surface area (TPSA) is 26.0 Å². The van der Waals surface area contributed by atoms with Gasteiger partial charge in [-0.25, -0.2) is 0 Å². The Labute approximate surface area is 86.8 Å². The zero-order valence-electron chi connectivity index (χ0n) is 8.91. The van der Waals surface area contributed by atoms with Gasteiger partial charge in [0.2, 0.25) is 0 Å². The molecular formula is C13H21N. The van der Waals surface area contributed by atoms with Gasteiger partial charge in [0.1, 0.15) is 0 Å². The van der Waals surface area contributed by atoms with Crippen LogP contribution in [-0.2, 0) is 0 Å². The molecule has 2 N–H and O–H groups in total. The van der Waals surface area contributed by atoms with Crippen LogP contribution in [0, 0.1) is 23.7 Å². The van der Waals surface area contributed by atoms with E-state index in [0.29, 0.717) is 0 Å². The summed E-state index contributed by atoms with van der Waals surface area (Å²) in [6.07, 6.45) is 11.3. The smallest absolute Gasteiger partial charge is 0.00430 e. The number of nitrogens with two attached hydrogens (primary N) is 1. The van der Waals surface area contributed by atoms with E-state index in [4.69, 9.17) is 5.73 Å². The number of hydrogen-bond donors (Lipinski definition) is 1. The van der Waals surface area contributed by atoms with Crippen LogP contribution in [0.1, 0.15) is 38.5 Å². The van der Waals surface area contributed by atoms with Gasteiger partial charge in [-0.2, -0.15) is 0 Å². The zero-order valence-corrected chi connectivity index (χ0v) is 8.91. The number of hydrogen-bond acceptors (Lipinski definition) is 1. The van der Waals surface area contributed by atoms with E-state index in [9.17, 15) is 0 Å². The first-order chi connectivity index (χ1) is 6.86. The number of allylic oxidation sites excluding steroid dienone is 2. The van der Waals surface area contributed by atoms with E-state index in [-0.39, 0.29) is 0 Å². The molecule has 78 valence electrons. The molecule has 1 heteroatoms. The van der Waals surface area contributed by atoms with Crippen molar-refractivity contribution in [3.05, 3.63) is 11.6 Å². The Morgan fingerprint density at radius 2 is 2.21 bits per heavy atom. The minimum absolute atomic E-state index is 0.832. The SMILES string of the molecule is NCC1CC2CC(CC3CCC3)=CC12. The Bertz CT molecular complexity index is 252. The fourth-order valence-electron chi connectivity index (χ4n) is 3.53. The average Bonchev–Trinajstić information content (AvgIpc) is 2.39. The molecule has 14 heavy (non-hydrogen) atoms. The predicted octanol–water partition coefficient (Wildman–Crippen LogP) is 2.72. The van der Waals surface area contributed by atoms with Crippen LogP contribution in [0.25, 0.3) is 0 Å². The fraction of sp³-hybridized carbons (Fsp3) is 0.846. The van der Waals surface area contributed by atoms with Crippen LogP contribution in [0.5, 0.6) is 0 Å². The normalized spacial score (nSPS) is 41.2. The van der Waals surface area contributed by atoms with E-state index < -0.39 is 0 Å². The minimum atomic E-state index is 0.832. The summed E-state index contributed by atoms with van der Waals surface area (Å²) < 4.78 is 0. The molecule has 3 aliphatic carbocycles. The third-order valence-corrected chi connectivity index (χ3v) is 4.73. The Kier molecular flexibility index (Phi) is 2.16. The highest BCUT2D eigenvalue weighted by atomic mass is 14.6. The van der Waals surface area contributed by atoms with Crippen LogP contribution in [0.15, 0.2) is 11.6 Å². The summed E-state index contributed by atoms with van der Waals surface area (Å²) in [4.78, 5) is 0. The molecule has 0 bridgehead atoms. The molecule has 0 saturated heterocycles. The molecule has 3 unspecified atom stereocenters. The van der Waals surface area contributed by atoms with Gasteiger partial charge in [0, 0.05) is 0 Å². The van der Waals surface area contributed by atoms with Gasteiger partial charge in [-0.3, -0.25) is 0 Å². The van der Waals surface area contributed by atoms with E-state index >= 15 is 0 Å². The Hall–Kier alpha value is -0.300. The van der Waals surface area contributed by atoms with E-state index in [1.807, 2.05) is 0 Å². The highest BCUT2D eigenvalue weighted by Gasteiger charge is 2.42. The summed E-state index contributed by atoms with van der Waals surface area (Å²) >= 11 is 0. The molecule has 3 aliphatic rings. The van der Waals surface area contributed by atoms with Crippen LogP contribution < -0.4 is 5.73 Å². The van der Waals surface area contributed by atoms with Crippen molar-refractivity contribution in [3.63, 3.8) is 0 Å². The average molecular weight is 191 g/mol. The quantitative estimate of drug-likeness (QED) is 0.682. The van der Waals surface area contributed by atoms with Crippen LogP contribution in [0.2, 0.25) is 0 Å². The molecule has 0 spiro atoms. The second kappa shape index (κ2) is 3.37. The van der Waals surface area contributed by atoms with Crippen molar-refractivity contribution >= 4 is 0 Å². The number of fused-ring (bicyclic) bond motifs is 1. The lowest BCUT2D eigenvalue weighted by molar-refractivity contribution is 0.136. The summed E-state index contributed by atoms with van der Waals surface area (Å²) in [6.45, 7) is 0.911. The highest BCUT2D eigenvalue weighted by Crippen LogP contribution is 2.51. The predicted molar refractivity (Wildman–Crippen MR) is 58.8 cm³/mol. The lowest BCUT2D eigenvalue weighted by Gasteiger charge is -2.39. The first-order valence-corrected chi connectivity index (χ1v) is 6.26. The Morgan fingerprint density at radius 1 is 1.36 bits per heavy atom. The van der Waals surface area contributed by atoms with Crippen molar-refractivity contribution in [2.45, 2.75) is 38.5 Å². The monoisotopic (exact) mass is 191 g/mol. The van der Waals surface area contributed by atoms with E-state index in [1.54, 1.807) is 5.57 Å². The molecule has 0 amide bonds. The first kappa shape index (κ1) is 8.96. The lowest BCUT2D eigenvalue weighted by Crippen LogP contribution is -2.37. The molecule has 2 saturated carbocycles. The van der Waals surface area contributed by atoms with Gasteiger partial charge >= 0.3 is 0 Å². The van der Waals surface area contributed by atoms with Gasteiger partial charge in [0.05, 0.1) is 0 Å². The summed E-state index contributed by atoms with van der Waals surface area (Å²) in [7, 11) is 0. The van der Waals surface area contributed by atoms with Crippen molar-refractivity contribution in [2.75, 3.05) is 6.54 Å². The van der Waals surface area contributed by atoms with Gasteiger partial charge in [-0.05, 0) is 49.5 Å². The van der Waals surface area contributed by atoms with Gasteiger partial charge in [0.15, 0.2) is 0 Å². The standard InChI is InChI=1S/C13H21N/c14-8-12-7-11-5-10(6-13(11)12)4-9-2-1-3-9/h6,9,11-13H,1-5,7-8,14H2. The minimum Gasteiger partial charge on any atom is -0.330 e. The Balaban J connectivity index is 1.57. The molecular weight excluding hydrogens is 170 g/mol. The van der Waals surface area contributed by atoms with Crippen LogP contribution in [0.3, 0.4) is 0 Å². The van der Waals surface area contributed by atoms with Gasteiger partial charge < -0.3 is 5.73 Å². The molecule has 0 aromatic rings. The molecule has 2 fully saturated rings. The summed E-state index contributed by atoms with van der Waals surface area (Å²) in [5.41, 5.74) is 7.52.